The molecule has 1 aromatic heterocycles. The quantitative estimate of drug-likeness (QED) is 0.527. The van der Waals surface area contributed by atoms with Crippen molar-refractivity contribution in [2.75, 3.05) is 33.4 Å². The van der Waals surface area contributed by atoms with Crippen LogP contribution in [-0.4, -0.2) is 72.1 Å². The van der Waals surface area contributed by atoms with E-state index in [9.17, 15) is 9.59 Å². The van der Waals surface area contributed by atoms with Gasteiger partial charge in [0.2, 0.25) is 5.91 Å². The molecule has 0 radical (unpaired) electrons. The minimum absolute atomic E-state index is 0.0787. The van der Waals surface area contributed by atoms with Crippen LogP contribution in [0.3, 0.4) is 0 Å². The Morgan fingerprint density at radius 1 is 1.27 bits per heavy atom. The third kappa shape index (κ3) is 5.28. The zero-order valence-corrected chi connectivity index (χ0v) is 15.4. The third-order valence-corrected chi connectivity index (χ3v) is 5.23. The van der Waals surface area contributed by atoms with E-state index in [1.165, 1.54) is 25.4 Å². The van der Waals surface area contributed by atoms with Crippen LogP contribution < -0.4 is 10.6 Å². The zero-order chi connectivity index (χ0) is 18.4. The average molecular weight is 363 g/mol. The Morgan fingerprint density at radius 2 is 2.08 bits per heavy atom. The molecule has 8 heteroatoms. The molecule has 0 aromatic carbocycles. The van der Waals surface area contributed by atoms with Crippen LogP contribution in [0.25, 0.3) is 0 Å². The van der Waals surface area contributed by atoms with Gasteiger partial charge in [0.1, 0.15) is 5.69 Å². The SMILES string of the molecule is COCCNC(=O)C[C@H]1CC[C@@H](CNC(=O)c2cnc[nH]2)N1CC1CC1. The first kappa shape index (κ1) is 18.8. The Kier molecular flexibility index (Phi) is 6.62. The molecule has 144 valence electrons. The molecule has 3 rings (SSSR count). The van der Waals surface area contributed by atoms with Gasteiger partial charge in [0.05, 0.1) is 19.1 Å². The number of carbonyl (C=O) groups is 2. The summed E-state index contributed by atoms with van der Waals surface area (Å²) in [7, 11) is 1.63. The fourth-order valence-corrected chi connectivity index (χ4v) is 3.61. The van der Waals surface area contributed by atoms with Gasteiger partial charge in [0.25, 0.3) is 5.91 Å². The monoisotopic (exact) mass is 363 g/mol. The highest BCUT2D eigenvalue weighted by atomic mass is 16.5. The van der Waals surface area contributed by atoms with Crippen molar-refractivity contribution >= 4 is 11.8 Å². The van der Waals surface area contributed by atoms with Gasteiger partial charge in [-0.25, -0.2) is 4.98 Å². The Balaban J connectivity index is 1.50. The summed E-state index contributed by atoms with van der Waals surface area (Å²) in [6.07, 6.45) is 8.09. The van der Waals surface area contributed by atoms with Crippen molar-refractivity contribution in [3.8, 4) is 0 Å². The molecule has 1 aliphatic heterocycles. The molecule has 2 amide bonds. The summed E-state index contributed by atoms with van der Waals surface area (Å²) in [5, 5.41) is 5.91. The van der Waals surface area contributed by atoms with Gasteiger partial charge >= 0.3 is 0 Å². The summed E-state index contributed by atoms with van der Waals surface area (Å²) in [6.45, 7) is 2.71. The number of methoxy groups -OCH3 is 1. The lowest BCUT2D eigenvalue weighted by Gasteiger charge is -2.30. The Hall–Kier alpha value is -1.93. The number of imidazole rings is 1. The minimum Gasteiger partial charge on any atom is -0.383 e. The number of aromatic amines is 1. The number of nitrogens with one attached hydrogen (secondary N) is 3. The van der Waals surface area contributed by atoms with Gasteiger partial charge < -0.3 is 20.4 Å². The summed E-state index contributed by atoms with van der Waals surface area (Å²) >= 11 is 0. The van der Waals surface area contributed by atoms with Crippen LogP contribution in [0.5, 0.6) is 0 Å². The number of amides is 2. The lowest BCUT2D eigenvalue weighted by molar-refractivity contribution is -0.122. The average Bonchev–Trinajstić information content (AvgIpc) is 3.13. The number of nitrogens with zero attached hydrogens (tertiary/aromatic N) is 2. The van der Waals surface area contributed by atoms with Gasteiger partial charge in [-0.2, -0.15) is 0 Å². The Morgan fingerprint density at radius 3 is 2.77 bits per heavy atom. The van der Waals surface area contributed by atoms with E-state index in [0.717, 1.165) is 25.3 Å². The molecule has 0 unspecified atom stereocenters. The van der Waals surface area contributed by atoms with E-state index in [2.05, 4.69) is 25.5 Å². The minimum atomic E-state index is -0.130. The second kappa shape index (κ2) is 9.14. The van der Waals surface area contributed by atoms with Crippen molar-refractivity contribution in [3.05, 3.63) is 18.2 Å². The molecule has 2 aliphatic rings. The largest absolute Gasteiger partial charge is 0.383 e. The third-order valence-electron chi connectivity index (χ3n) is 5.23. The summed E-state index contributed by atoms with van der Waals surface area (Å²) in [5.74, 6) is 0.697. The van der Waals surface area contributed by atoms with E-state index >= 15 is 0 Å². The van der Waals surface area contributed by atoms with Gasteiger partial charge in [-0.05, 0) is 31.6 Å². The van der Waals surface area contributed by atoms with Gasteiger partial charge in [-0.1, -0.05) is 0 Å². The summed E-state index contributed by atoms with van der Waals surface area (Å²) < 4.78 is 4.97. The maximum Gasteiger partial charge on any atom is 0.269 e. The van der Waals surface area contributed by atoms with Crippen LogP contribution in [0.2, 0.25) is 0 Å². The van der Waals surface area contributed by atoms with E-state index in [1.807, 2.05) is 0 Å². The van der Waals surface area contributed by atoms with Crippen molar-refractivity contribution in [1.82, 2.24) is 25.5 Å². The van der Waals surface area contributed by atoms with Crippen molar-refractivity contribution in [1.29, 1.82) is 0 Å². The van der Waals surface area contributed by atoms with E-state index < -0.39 is 0 Å². The van der Waals surface area contributed by atoms with Crippen LogP contribution in [0, 0.1) is 5.92 Å². The van der Waals surface area contributed by atoms with Gasteiger partial charge in [0.15, 0.2) is 0 Å². The fourth-order valence-electron chi connectivity index (χ4n) is 3.61. The maximum absolute atomic E-state index is 12.2. The van der Waals surface area contributed by atoms with Crippen molar-refractivity contribution < 1.29 is 14.3 Å². The number of carbonyl (C=O) groups excluding carboxylic acids is 2. The molecule has 2 fully saturated rings. The van der Waals surface area contributed by atoms with E-state index in [0.29, 0.717) is 37.9 Å². The highest BCUT2D eigenvalue weighted by molar-refractivity contribution is 5.91. The molecule has 1 aromatic rings. The molecular formula is C18H29N5O3. The highest BCUT2D eigenvalue weighted by Crippen LogP contribution is 2.35. The molecular weight excluding hydrogens is 334 g/mol. The van der Waals surface area contributed by atoms with Gasteiger partial charge in [-0.15, -0.1) is 0 Å². The molecule has 26 heavy (non-hydrogen) atoms. The van der Waals surface area contributed by atoms with E-state index in [1.54, 1.807) is 7.11 Å². The van der Waals surface area contributed by atoms with Gasteiger partial charge in [-0.3, -0.25) is 14.5 Å². The second-order valence-electron chi connectivity index (χ2n) is 7.25. The number of rotatable bonds is 10. The number of likely N-dealkylation sites (tertiary alicyclic amines) is 1. The van der Waals surface area contributed by atoms with Crippen LogP contribution >= 0.6 is 0 Å². The lowest BCUT2D eigenvalue weighted by Crippen LogP contribution is -2.45. The highest BCUT2D eigenvalue weighted by Gasteiger charge is 2.38. The number of aromatic nitrogens is 2. The first-order chi connectivity index (χ1) is 12.7. The molecule has 3 N–H and O–H groups in total. The van der Waals surface area contributed by atoms with Crippen LogP contribution in [0.4, 0.5) is 0 Å². The summed E-state index contributed by atoms with van der Waals surface area (Å²) in [4.78, 5) is 33.5. The molecule has 1 aliphatic carbocycles. The van der Waals surface area contributed by atoms with Crippen LogP contribution in [0.15, 0.2) is 12.5 Å². The predicted octanol–water partition coefficient (Wildman–Crippen LogP) is 0.535. The first-order valence-corrected chi connectivity index (χ1v) is 9.45. The smallest absolute Gasteiger partial charge is 0.269 e. The molecule has 1 saturated heterocycles. The number of hydrogen-bond donors (Lipinski definition) is 3. The summed E-state index contributed by atoms with van der Waals surface area (Å²) in [5.41, 5.74) is 0.478. The fraction of sp³-hybridized carbons (Fsp3) is 0.722. The zero-order valence-electron chi connectivity index (χ0n) is 15.4. The molecule has 0 bridgehead atoms. The Bertz CT molecular complexity index is 588. The van der Waals surface area contributed by atoms with Gasteiger partial charge in [0, 0.05) is 45.2 Å². The normalized spacial score (nSPS) is 23.1. The van der Waals surface area contributed by atoms with Crippen LogP contribution in [-0.2, 0) is 9.53 Å². The van der Waals surface area contributed by atoms with Crippen LogP contribution in [0.1, 0.15) is 42.6 Å². The maximum atomic E-state index is 12.2. The first-order valence-electron chi connectivity index (χ1n) is 9.45. The van der Waals surface area contributed by atoms with E-state index in [4.69, 9.17) is 4.74 Å². The van der Waals surface area contributed by atoms with Crippen molar-refractivity contribution in [2.24, 2.45) is 5.92 Å². The van der Waals surface area contributed by atoms with Crippen molar-refractivity contribution in [3.63, 3.8) is 0 Å². The topological polar surface area (TPSA) is 99.4 Å². The molecule has 2 heterocycles. The number of hydrogen-bond acceptors (Lipinski definition) is 5. The molecule has 8 nitrogen and oxygen atoms in total. The van der Waals surface area contributed by atoms with E-state index in [-0.39, 0.29) is 17.9 Å². The molecule has 2 atom stereocenters. The second-order valence-corrected chi connectivity index (χ2v) is 7.25. The summed E-state index contributed by atoms with van der Waals surface area (Å²) in [6, 6.07) is 0.548. The molecule has 0 spiro atoms. The predicted molar refractivity (Wildman–Crippen MR) is 96.7 cm³/mol. The Labute approximate surface area is 154 Å². The molecule has 1 saturated carbocycles. The lowest BCUT2D eigenvalue weighted by atomic mass is 10.1. The standard InChI is InChI=1S/C18H29N5O3/c1-26-7-6-20-17(24)8-14-4-5-15(23(14)11-13-2-3-13)9-21-18(25)16-10-19-12-22-16/h10,12-15H,2-9,11H2,1H3,(H,19,22)(H,20,24)(H,21,25)/t14-,15+/m1/s1. The van der Waals surface area contributed by atoms with Crippen molar-refractivity contribution in [2.45, 2.75) is 44.2 Å². The number of H-pyrrole nitrogens is 1. The number of ether oxygens (including phenoxy) is 1.